The largest absolute Gasteiger partial charge is 0.315 e. The van der Waals surface area contributed by atoms with Crippen molar-refractivity contribution in [2.45, 2.75) is 20.0 Å². The van der Waals surface area contributed by atoms with Gasteiger partial charge in [0.15, 0.2) is 0 Å². The predicted molar refractivity (Wildman–Crippen MR) is 32.6 cm³/mol. The van der Waals surface area contributed by atoms with E-state index in [0.29, 0.717) is 5.92 Å². The van der Waals surface area contributed by atoms with Gasteiger partial charge in [0.05, 0.1) is 6.17 Å². The van der Waals surface area contributed by atoms with Gasteiger partial charge in [-0.25, -0.2) is 0 Å². The van der Waals surface area contributed by atoms with E-state index in [9.17, 15) is 0 Å². The third-order valence-corrected chi connectivity index (χ3v) is 1.12. The molecule has 0 aromatic carbocycles. The Balaban J connectivity index is 3.35. The predicted octanol–water partition coefficient (Wildman–Crippen LogP) is 0.167. The molecular formula is C5H14N2O. The second kappa shape index (κ2) is 3.83. The van der Waals surface area contributed by atoms with Crippen LogP contribution < -0.4 is 10.8 Å². The molecule has 3 nitrogen and oxygen atoms in total. The van der Waals surface area contributed by atoms with Crippen molar-refractivity contribution in [2.24, 2.45) is 5.92 Å². The molecule has 0 radical (unpaired) electrons. The van der Waals surface area contributed by atoms with Crippen LogP contribution in [0.4, 0.5) is 0 Å². The summed E-state index contributed by atoms with van der Waals surface area (Å²) in [5.41, 5.74) is 2.14. The Kier molecular flexibility index (Phi) is 3.77. The van der Waals surface area contributed by atoms with E-state index in [0.717, 1.165) is 0 Å². The Morgan fingerprint density at radius 2 is 1.88 bits per heavy atom. The summed E-state index contributed by atoms with van der Waals surface area (Å²) in [7, 11) is 1.80. The maximum absolute atomic E-state index is 8.38. The van der Waals surface area contributed by atoms with Gasteiger partial charge < -0.3 is 10.5 Å². The summed E-state index contributed by atoms with van der Waals surface area (Å²) in [6.07, 6.45) is 0.00926. The number of hydroxylamine groups is 1. The van der Waals surface area contributed by atoms with Gasteiger partial charge in [0.2, 0.25) is 0 Å². The van der Waals surface area contributed by atoms with Crippen LogP contribution >= 0.6 is 0 Å². The molecule has 50 valence electrons. The fourth-order valence-electron chi connectivity index (χ4n) is 0.547. The Hall–Kier alpha value is -0.120. The Morgan fingerprint density at radius 1 is 1.38 bits per heavy atom. The monoisotopic (exact) mass is 118 g/mol. The molecule has 0 aliphatic carbocycles. The number of hydrogen-bond donors (Lipinski definition) is 3. The van der Waals surface area contributed by atoms with Gasteiger partial charge in [0, 0.05) is 0 Å². The van der Waals surface area contributed by atoms with Crippen LogP contribution in [0.1, 0.15) is 13.8 Å². The molecule has 0 rings (SSSR count). The molecule has 3 heteroatoms. The van der Waals surface area contributed by atoms with Crippen LogP contribution in [0.3, 0.4) is 0 Å². The SMILES string of the molecule is CNC(NO)C(C)C. The average Bonchev–Trinajstić information content (AvgIpc) is 1.69. The van der Waals surface area contributed by atoms with Crippen LogP contribution in [0.15, 0.2) is 0 Å². The van der Waals surface area contributed by atoms with E-state index in [4.69, 9.17) is 5.21 Å². The lowest BCUT2D eigenvalue weighted by Gasteiger charge is -2.16. The van der Waals surface area contributed by atoms with Gasteiger partial charge >= 0.3 is 0 Å². The number of nitrogens with one attached hydrogen (secondary N) is 2. The first-order valence-corrected chi connectivity index (χ1v) is 2.79. The summed E-state index contributed by atoms with van der Waals surface area (Å²) < 4.78 is 0. The Labute approximate surface area is 50.0 Å². The first-order valence-electron chi connectivity index (χ1n) is 2.79. The summed E-state index contributed by atoms with van der Waals surface area (Å²) >= 11 is 0. The molecule has 0 spiro atoms. The van der Waals surface area contributed by atoms with Crippen molar-refractivity contribution >= 4 is 0 Å². The Morgan fingerprint density at radius 3 is 1.88 bits per heavy atom. The molecule has 3 N–H and O–H groups in total. The Bertz CT molecular complexity index is 52.4. The van der Waals surface area contributed by atoms with Crippen LogP contribution in [0, 0.1) is 5.92 Å². The average molecular weight is 118 g/mol. The molecule has 0 saturated heterocycles. The van der Waals surface area contributed by atoms with Crippen molar-refractivity contribution in [1.29, 1.82) is 0 Å². The molecule has 0 heterocycles. The highest BCUT2D eigenvalue weighted by Gasteiger charge is 2.06. The van der Waals surface area contributed by atoms with Crippen molar-refractivity contribution in [3.63, 3.8) is 0 Å². The van der Waals surface area contributed by atoms with Crippen molar-refractivity contribution in [3.8, 4) is 0 Å². The quantitative estimate of drug-likeness (QED) is 0.365. The molecule has 0 aromatic heterocycles. The lowest BCUT2D eigenvalue weighted by molar-refractivity contribution is 0.0915. The summed E-state index contributed by atoms with van der Waals surface area (Å²) in [6, 6.07) is 0. The third kappa shape index (κ3) is 2.26. The molecule has 0 aliphatic rings. The smallest absolute Gasteiger partial charge is 0.0830 e. The van der Waals surface area contributed by atoms with Crippen LogP contribution in [0.5, 0.6) is 0 Å². The van der Waals surface area contributed by atoms with Crippen LogP contribution in [0.25, 0.3) is 0 Å². The number of rotatable bonds is 3. The van der Waals surface area contributed by atoms with E-state index in [1.165, 1.54) is 0 Å². The van der Waals surface area contributed by atoms with Crippen LogP contribution in [-0.4, -0.2) is 18.4 Å². The molecule has 1 unspecified atom stereocenters. The minimum Gasteiger partial charge on any atom is -0.315 e. The van der Waals surface area contributed by atoms with E-state index < -0.39 is 0 Å². The van der Waals surface area contributed by atoms with Gasteiger partial charge in [-0.05, 0) is 13.0 Å². The van der Waals surface area contributed by atoms with Gasteiger partial charge in [-0.2, -0.15) is 5.48 Å². The first-order chi connectivity index (χ1) is 3.72. The maximum Gasteiger partial charge on any atom is 0.0830 e. The summed E-state index contributed by atoms with van der Waals surface area (Å²) in [5, 5.41) is 11.3. The standard InChI is InChI=1S/C5H14N2O/c1-4(2)5(6-3)7-8/h4-8H,1-3H3. The third-order valence-electron chi connectivity index (χ3n) is 1.12. The van der Waals surface area contributed by atoms with Gasteiger partial charge in [-0.3, -0.25) is 0 Å². The zero-order valence-corrected chi connectivity index (χ0v) is 5.60. The molecule has 0 aromatic rings. The van der Waals surface area contributed by atoms with Gasteiger partial charge in [0.1, 0.15) is 0 Å². The second-order valence-electron chi connectivity index (χ2n) is 2.14. The second-order valence-corrected chi connectivity index (χ2v) is 2.14. The first kappa shape index (κ1) is 7.88. The maximum atomic E-state index is 8.38. The topological polar surface area (TPSA) is 44.3 Å². The lowest BCUT2D eigenvalue weighted by atomic mass is 10.2. The fraction of sp³-hybridized carbons (Fsp3) is 1.00. The molecule has 1 atom stereocenters. The van der Waals surface area contributed by atoms with Crippen molar-refractivity contribution in [2.75, 3.05) is 7.05 Å². The highest BCUT2D eigenvalue weighted by molar-refractivity contribution is 4.58. The zero-order chi connectivity index (χ0) is 6.57. The van der Waals surface area contributed by atoms with E-state index in [1.807, 2.05) is 13.8 Å². The van der Waals surface area contributed by atoms with E-state index in [-0.39, 0.29) is 6.17 Å². The minimum absolute atomic E-state index is 0.00926. The lowest BCUT2D eigenvalue weighted by Crippen LogP contribution is -2.42. The van der Waals surface area contributed by atoms with Gasteiger partial charge in [0.25, 0.3) is 0 Å². The number of hydrogen-bond acceptors (Lipinski definition) is 3. The highest BCUT2D eigenvalue weighted by atomic mass is 16.5. The zero-order valence-electron chi connectivity index (χ0n) is 5.60. The molecule has 8 heavy (non-hydrogen) atoms. The van der Waals surface area contributed by atoms with Crippen molar-refractivity contribution in [1.82, 2.24) is 10.8 Å². The fourth-order valence-corrected chi connectivity index (χ4v) is 0.547. The van der Waals surface area contributed by atoms with Crippen molar-refractivity contribution in [3.05, 3.63) is 0 Å². The molecule has 0 saturated carbocycles. The van der Waals surface area contributed by atoms with E-state index >= 15 is 0 Å². The summed E-state index contributed by atoms with van der Waals surface area (Å²) in [6.45, 7) is 4.04. The van der Waals surface area contributed by atoms with Gasteiger partial charge in [-0.1, -0.05) is 13.8 Å². The summed E-state index contributed by atoms with van der Waals surface area (Å²) in [4.78, 5) is 0. The van der Waals surface area contributed by atoms with E-state index in [1.54, 1.807) is 7.05 Å². The van der Waals surface area contributed by atoms with Crippen molar-refractivity contribution < 1.29 is 5.21 Å². The molecule has 0 fully saturated rings. The van der Waals surface area contributed by atoms with Gasteiger partial charge in [-0.15, -0.1) is 0 Å². The molecular weight excluding hydrogens is 104 g/mol. The highest BCUT2D eigenvalue weighted by Crippen LogP contribution is 1.94. The van der Waals surface area contributed by atoms with Crippen LogP contribution in [0.2, 0.25) is 0 Å². The van der Waals surface area contributed by atoms with E-state index in [2.05, 4.69) is 10.8 Å². The molecule has 0 amide bonds. The van der Waals surface area contributed by atoms with Crippen LogP contribution in [-0.2, 0) is 0 Å². The normalized spacial score (nSPS) is 14.6. The molecule has 0 bridgehead atoms. The molecule has 0 aliphatic heterocycles. The summed E-state index contributed by atoms with van der Waals surface area (Å²) in [5.74, 6) is 0.407. The minimum atomic E-state index is 0.00926.